The minimum Gasteiger partial charge on any atom is -0.447 e. The monoisotopic (exact) mass is 535 g/mol. The Balaban J connectivity index is 1.84. The molecule has 0 aromatic heterocycles. The molecular weight excluding hydrogens is 500 g/mol. The lowest BCUT2D eigenvalue weighted by molar-refractivity contribution is -0.234. The molecule has 0 spiro atoms. The number of alkyl halides is 2. The third-order valence-electron chi connectivity index (χ3n) is 9.37. The lowest BCUT2D eigenvalue weighted by atomic mass is 9.44. The van der Waals surface area contributed by atoms with Crippen LogP contribution in [0, 0.1) is 39.9 Å². The second-order valence-corrected chi connectivity index (χ2v) is 12.5. The van der Waals surface area contributed by atoms with E-state index in [0.29, 0.717) is 0 Å². The number of rotatable bonds is 3. The quantitative estimate of drug-likeness (QED) is 0.531. The maximum Gasteiger partial charge on any atom is 0.509 e. The van der Waals surface area contributed by atoms with Gasteiger partial charge in [0.1, 0.15) is 17.8 Å². The summed E-state index contributed by atoms with van der Waals surface area (Å²) in [7, 11) is 0. The van der Waals surface area contributed by atoms with Crippen LogP contribution in [0.15, 0.2) is 23.8 Å². The predicted octanol–water partition coefficient (Wildman–Crippen LogP) is 4.31. The Labute approximate surface area is 221 Å². The van der Waals surface area contributed by atoms with E-state index in [4.69, 9.17) is 19.5 Å². The summed E-state index contributed by atoms with van der Waals surface area (Å²) < 4.78 is 49.4. The Morgan fingerprint density at radius 3 is 2.50 bits per heavy atom. The van der Waals surface area contributed by atoms with E-state index in [2.05, 4.69) is 0 Å². The third kappa shape index (κ3) is 3.72. The van der Waals surface area contributed by atoms with Gasteiger partial charge in [-0.1, -0.05) is 19.9 Å². The van der Waals surface area contributed by atoms with Gasteiger partial charge in [0.15, 0.2) is 18.1 Å². The minimum absolute atomic E-state index is 0.0119. The Morgan fingerprint density at radius 2 is 1.89 bits per heavy atom. The number of halogens is 2. The highest BCUT2D eigenvalue weighted by molar-refractivity contribution is 6.01. The molecule has 1 unspecified atom stereocenters. The summed E-state index contributed by atoms with van der Waals surface area (Å²) in [6.45, 7) is 9.00. The van der Waals surface area contributed by atoms with Gasteiger partial charge in [-0.2, -0.15) is 5.26 Å². The number of ether oxygens (including phenoxy) is 3. The molecule has 0 aliphatic heterocycles. The molecule has 0 bridgehead atoms. The highest BCUT2D eigenvalue weighted by Crippen LogP contribution is 2.71. The number of ketones is 1. The van der Waals surface area contributed by atoms with Crippen molar-refractivity contribution in [3.05, 3.63) is 23.8 Å². The fourth-order valence-electron chi connectivity index (χ4n) is 7.83. The van der Waals surface area contributed by atoms with E-state index in [0.717, 1.165) is 6.08 Å². The fourth-order valence-corrected chi connectivity index (χ4v) is 7.83. The molecule has 3 saturated carbocycles. The van der Waals surface area contributed by atoms with Crippen molar-refractivity contribution >= 4 is 17.9 Å². The number of allylic oxidation sites excluding steroid dienone is 4. The smallest absolute Gasteiger partial charge is 0.447 e. The maximum atomic E-state index is 17.4. The predicted molar refractivity (Wildman–Crippen MR) is 130 cm³/mol. The number of esters is 1. The van der Waals surface area contributed by atoms with Gasteiger partial charge in [0.2, 0.25) is 5.60 Å². The average molecular weight is 536 g/mol. The van der Waals surface area contributed by atoms with E-state index in [1.54, 1.807) is 40.7 Å². The molecule has 10 heteroatoms. The SMILES string of the molecule is C[C@@H]1C[C@H]2[C@@H]3C[C@H](F)C4=CC(=O)C=C[C@]4(C)[C@@]3(F)[C@@H](O)C[C@]2(C)C1(OC(=O)OC(C)(C)C)C(=O)OCC#N. The number of fused-ring (bicyclic) bond motifs is 5. The van der Waals surface area contributed by atoms with Crippen molar-refractivity contribution in [3.63, 3.8) is 0 Å². The Bertz CT molecular complexity index is 1150. The van der Waals surface area contributed by atoms with Crippen LogP contribution in [0.5, 0.6) is 0 Å². The third-order valence-corrected chi connectivity index (χ3v) is 9.37. The van der Waals surface area contributed by atoms with Gasteiger partial charge in [-0.25, -0.2) is 18.4 Å². The number of hydrogen-bond acceptors (Lipinski definition) is 8. The van der Waals surface area contributed by atoms with Gasteiger partial charge in [-0.05, 0) is 70.6 Å². The molecule has 0 heterocycles. The molecule has 38 heavy (non-hydrogen) atoms. The van der Waals surface area contributed by atoms with Crippen molar-refractivity contribution in [2.75, 3.05) is 6.61 Å². The molecule has 208 valence electrons. The van der Waals surface area contributed by atoms with Gasteiger partial charge in [0.05, 0.1) is 6.10 Å². The zero-order chi connectivity index (χ0) is 28.5. The number of aliphatic hydroxyl groups is 1. The van der Waals surface area contributed by atoms with Crippen LogP contribution in [0.3, 0.4) is 0 Å². The average Bonchev–Trinajstić information content (AvgIpc) is 3.01. The van der Waals surface area contributed by atoms with Gasteiger partial charge >= 0.3 is 12.1 Å². The second kappa shape index (κ2) is 8.87. The number of carbonyl (C=O) groups is 3. The summed E-state index contributed by atoms with van der Waals surface area (Å²) in [4.78, 5) is 38.6. The van der Waals surface area contributed by atoms with Gasteiger partial charge in [0, 0.05) is 22.7 Å². The minimum atomic E-state index is -2.36. The van der Waals surface area contributed by atoms with Crippen molar-refractivity contribution in [3.8, 4) is 6.07 Å². The van der Waals surface area contributed by atoms with E-state index >= 15 is 8.78 Å². The molecule has 0 aromatic rings. The zero-order valence-electron chi connectivity index (χ0n) is 22.5. The van der Waals surface area contributed by atoms with E-state index in [9.17, 15) is 19.5 Å². The van der Waals surface area contributed by atoms with Crippen molar-refractivity contribution in [2.45, 2.75) is 90.0 Å². The van der Waals surface area contributed by atoms with Crippen LogP contribution >= 0.6 is 0 Å². The van der Waals surface area contributed by atoms with E-state index in [-0.39, 0.29) is 24.8 Å². The Morgan fingerprint density at radius 1 is 1.24 bits per heavy atom. The lowest BCUT2D eigenvalue weighted by Gasteiger charge is -2.62. The zero-order valence-corrected chi connectivity index (χ0v) is 22.5. The van der Waals surface area contributed by atoms with Crippen LogP contribution < -0.4 is 0 Å². The first-order valence-corrected chi connectivity index (χ1v) is 12.9. The van der Waals surface area contributed by atoms with E-state index in [1.807, 2.05) is 0 Å². The summed E-state index contributed by atoms with van der Waals surface area (Å²) in [5.41, 5.74) is -8.33. The number of carbonyl (C=O) groups excluding carboxylic acids is 3. The molecule has 0 saturated heterocycles. The van der Waals surface area contributed by atoms with E-state index in [1.165, 1.54) is 19.1 Å². The van der Waals surface area contributed by atoms with Crippen molar-refractivity contribution in [1.82, 2.24) is 0 Å². The van der Waals surface area contributed by atoms with Crippen LogP contribution in [0.1, 0.15) is 60.8 Å². The fraction of sp³-hybridized carbons (Fsp3) is 0.714. The van der Waals surface area contributed by atoms with E-state index < -0.39 is 82.2 Å². The number of nitrogens with zero attached hydrogens (tertiary/aromatic N) is 1. The number of hydrogen-bond donors (Lipinski definition) is 1. The van der Waals surface area contributed by atoms with Gasteiger partial charge in [0.25, 0.3) is 0 Å². The molecular formula is C28H35F2NO7. The number of nitriles is 1. The lowest BCUT2D eigenvalue weighted by Crippen LogP contribution is -2.71. The molecule has 9 atom stereocenters. The highest BCUT2D eigenvalue weighted by atomic mass is 19.1. The van der Waals surface area contributed by atoms with Crippen LogP contribution in [0.2, 0.25) is 0 Å². The summed E-state index contributed by atoms with van der Waals surface area (Å²) in [6, 6.07) is 1.72. The van der Waals surface area contributed by atoms with Gasteiger partial charge < -0.3 is 19.3 Å². The van der Waals surface area contributed by atoms with Crippen LogP contribution in [-0.2, 0) is 23.8 Å². The topological polar surface area (TPSA) is 123 Å². The summed E-state index contributed by atoms with van der Waals surface area (Å²) in [6.07, 6.45) is -1.36. The second-order valence-electron chi connectivity index (χ2n) is 12.5. The Kier molecular flexibility index (Phi) is 6.58. The maximum absolute atomic E-state index is 17.4. The molecule has 8 nitrogen and oxygen atoms in total. The van der Waals surface area contributed by atoms with Crippen LogP contribution in [0.4, 0.5) is 13.6 Å². The largest absolute Gasteiger partial charge is 0.509 e. The highest BCUT2D eigenvalue weighted by Gasteiger charge is 2.79. The van der Waals surface area contributed by atoms with Crippen LogP contribution in [-0.4, -0.2) is 58.8 Å². The summed E-state index contributed by atoms with van der Waals surface area (Å²) in [5.74, 6) is -3.98. The first-order valence-electron chi connectivity index (χ1n) is 12.9. The molecule has 4 aliphatic carbocycles. The molecule has 4 aliphatic rings. The summed E-state index contributed by atoms with van der Waals surface area (Å²) >= 11 is 0. The first kappa shape index (κ1) is 28.2. The normalized spacial score (nSPS) is 43.6. The van der Waals surface area contributed by atoms with Crippen molar-refractivity contribution < 1.29 is 42.5 Å². The molecule has 0 aromatic carbocycles. The van der Waals surface area contributed by atoms with Gasteiger partial charge in [-0.3, -0.25) is 4.79 Å². The standard InChI is InChI=1S/C28H35F2NO7/c1-15-11-17-18-13-20(29)19-12-16(32)7-8-25(19,5)27(18,30)21(33)14-26(17,6)28(15,22(34)36-10-9-31)38-23(35)37-24(2,3)4/h7-8,12,15,17-18,20-21,33H,10-11,13-14H2,1-6H3/t15-,17+,18+,20+,21+,25+,26+,27+,28?/m1/s1. The van der Waals surface area contributed by atoms with Crippen LogP contribution in [0.25, 0.3) is 0 Å². The van der Waals surface area contributed by atoms with Crippen molar-refractivity contribution in [1.29, 1.82) is 5.26 Å². The Hall–Kier alpha value is -2.80. The van der Waals surface area contributed by atoms with Gasteiger partial charge in [-0.15, -0.1) is 0 Å². The molecule has 3 fully saturated rings. The molecule has 0 amide bonds. The summed E-state index contributed by atoms with van der Waals surface area (Å²) in [5, 5.41) is 20.5. The van der Waals surface area contributed by atoms with Crippen molar-refractivity contribution in [2.24, 2.45) is 28.6 Å². The molecule has 0 radical (unpaired) electrons. The first-order chi connectivity index (χ1) is 17.5. The molecule has 1 N–H and O–H groups in total. The molecule has 4 rings (SSSR count). The number of aliphatic hydroxyl groups excluding tert-OH is 1.